The quantitative estimate of drug-likeness (QED) is 0.749. The topological polar surface area (TPSA) is 70.4 Å². The van der Waals surface area contributed by atoms with Crippen LogP contribution in [-0.2, 0) is 0 Å². The number of fused-ring (bicyclic) bond motifs is 1. The fourth-order valence-corrected chi connectivity index (χ4v) is 3.23. The predicted octanol–water partition coefficient (Wildman–Crippen LogP) is 3.36. The number of allylic oxidation sites excluding steroid dienone is 1. The summed E-state index contributed by atoms with van der Waals surface area (Å²) in [5.74, 6) is 2.43. The van der Waals surface area contributed by atoms with Crippen molar-refractivity contribution in [2.45, 2.75) is 6.04 Å². The number of rotatable bonds is 5. The first kappa shape index (κ1) is 17.0. The molecule has 0 aliphatic carbocycles. The molecule has 0 radical (unpaired) electrons. The van der Waals surface area contributed by atoms with Crippen molar-refractivity contribution in [1.29, 1.82) is 0 Å². The summed E-state index contributed by atoms with van der Waals surface area (Å²) in [7, 11) is 4.80. The van der Waals surface area contributed by atoms with E-state index >= 15 is 0 Å². The van der Waals surface area contributed by atoms with Gasteiger partial charge in [-0.15, -0.1) is 0 Å². The van der Waals surface area contributed by atoms with E-state index in [4.69, 9.17) is 14.2 Å². The SMILES string of the molecule is COc1cc(C2C=C(c3ccccc3)Nc3ncnn32)cc(OC)c1OC. The monoisotopic (exact) mass is 364 g/mol. The summed E-state index contributed by atoms with van der Waals surface area (Å²) in [6, 6.07) is 13.8. The molecule has 0 bridgehead atoms. The number of ether oxygens (including phenoxy) is 3. The normalized spacial score (nSPS) is 15.4. The van der Waals surface area contributed by atoms with Gasteiger partial charge < -0.3 is 19.5 Å². The molecule has 0 spiro atoms. The van der Waals surface area contributed by atoms with E-state index in [1.165, 1.54) is 6.33 Å². The lowest BCUT2D eigenvalue weighted by molar-refractivity contribution is 0.323. The second-order valence-corrected chi connectivity index (χ2v) is 6.00. The molecule has 1 aliphatic rings. The molecule has 2 heterocycles. The van der Waals surface area contributed by atoms with Crippen LogP contribution >= 0.6 is 0 Å². The first-order valence-corrected chi connectivity index (χ1v) is 8.48. The lowest BCUT2D eigenvalue weighted by atomic mass is 10.0. The summed E-state index contributed by atoms with van der Waals surface area (Å²) in [6.07, 6.45) is 3.65. The van der Waals surface area contributed by atoms with Crippen molar-refractivity contribution >= 4 is 11.6 Å². The van der Waals surface area contributed by atoms with E-state index in [2.05, 4.69) is 33.6 Å². The van der Waals surface area contributed by atoms with Crippen molar-refractivity contribution < 1.29 is 14.2 Å². The second-order valence-electron chi connectivity index (χ2n) is 6.00. The molecule has 0 fully saturated rings. The molecular weight excluding hydrogens is 344 g/mol. The van der Waals surface area contributed by atoms with Crippen molar-refractivity contribution in [3.63, 3.8) is 0 Å². The van der Waals surface area contributed by atoms with Gasteiger partial charge in [0, 0.05) is 5.70 Å². The van der Waals surface area contributed by atoms with Crippen LogP contribution in [0.3, 0.4) is 0 Å². The van der Waals surface area contributed by atoms with Gasteiger partial charge in [0.25, 0.3) is 0 Å². The van der Waals surface area contributed by atoms with Gasteiger partial charge in [0.05, 0.1) is 21.3 Å². The number of benzene rings is 2. The maximum Gasteiger partial charge on any atom is 0.226 e. The first-order valence-electron chi connectivity index (χ1n) is 8.48. The van der Waals surface area contributed by atoms with Crippen molar-refractivity contribution in [1.82, 2.24) is 14.8 Å². The zero-order valence-corrected chi connectivity index (χ0v) is 15.3. The largest absolute Gasteiger partial charge is 0.493 e. The van der Waals surface area contributed by atoms with Gasteiger partial charge in [-0.2, -0.15) is 10.1 Å². The Hall–Kier alpha value is -3.48. The molecule has 7 nitrogen and oxygen atoms in total. The molecule has 1 aliphatic heterocycles. The molecule has 1 N–H and O–H groups in total. The average Bonchev–Trinajstić information content (AvgIpc) is 3.21. The molecule has 1 aromatic heterocycles. The number of nitrogens with zero attached hydrogens (tertiary/aromatic N) is 3. The summed E-state index contributed by atoms with van der Waals surface area (Å²) in [5, 5.41) is 7.72. The van der Waals surface area contributed by atoms with Crippen molar-refractivity contribution in [2.75, 3.05) is 26.6 Å². The minimum atomic E-state index is -0.173. The van der Waals surface area contributed by atoms with Crippen LogP contribution in [0.15, 0.2) is 54.9 Å². The van der Waals surface area contributed by atoms with Crippen molar-refractivity contribution in [3.05, 3.63) is 66.0 Å². The molecule has 0 amide bonds. The van der Waals surface area contributed by atoms with E-state index in [1.54, 1.807) is 21.3 Å². The second kappa shape index (κ2) is 7.03. The van der Waals surface area contributed by atoms with Gasteiger partial charge in [0.2, 0.25) is 11.7 Å². The molecule has 0 saturated heterocycles. The zero-order chi connectivity index (χ0) is 18.8. The maximum atomic E-state index is 5.50. The summed E-state index contributed by atoms with van der Waals surface area (Å²) in [4.78, 5) is 4.34. The van der Waals surface area contributed by atoms with E-state index in [9.17, 15) is 0 Å². The highest BCUT2D eigenvalue weighted by Crippen LogP contribution is 2.42. The minimum Gasteiger partial charge on any atom is -0.493 e. The van der Waals surface area contributed by atoms with Crippen LogP contribution in [0.1, 0.15) is 17.2 Å². The Morgan fingerprint density at radius 3 is 2.30 bits per heavy atom. The number of aromatic nitrogens is 3. The highest BCUT2D eigenvalue weighted by atomic mass is 16.5. The molecule has 1 unspecified atom stereocenters. The molecule has 3 aromatic rings. The van der Waals surface area contributed by atoms with Gasteiger partial charge >= 0.3 is 0 Å². The molecule has 4 rings (SSSR count). The highest BCUT2D eigenvalue weighted by molar-refractivity contribution is 5.77. The summed E-state index contributed by atoms with van der Waals surface area (Å²) in [5.41, 5.74) is 2.99. The zero-order valence-electron chi connectivity index (χ0n) is 15.3. The van der Waals surface area contributed by atoms with Crippen LogP contribution in [-0.4, -0.2) is 36.1 Å². The van der Waals surface area contributed by atoms with Gasteiger partial charge in [0.1, 0.15) is 12.4 Å². The third-order valence-electron chi connectivity index (χ3n) is 4.52. The Labute approximate surface area is 157 Å². The van der Waals surface area contributed by atoms with Crippen LogP contribution in [0.25, 0.3) is 5.70 Å². The Kier molecular flexibility index (Phi) is 4.42. The van der Waals surface area contributed by atoms with Gasteiger partial charge in [-0.05, 0) is 29.3 Å². The first-order chi connectivity index (χ1) is 13.2. The lowest BCUT2D eigenvalue weighted by Gasteiger charge is -2.25. The fraction of sp³-hybridized carbons (Fsp3) is 0.200. The molecule has 0 saturated carbocycles. The standard InChI is InChI=1S/C20H20N4O3/c1-25-17-9-14(10-18(26-2)19(17)27-3)16-11-15(13-7-5-4-6-8-13)23-20-21-12-22-24(16)20/h4-12,16H,1-3H3,(H,21,22,23). The molecule has 2 aromatic carbocycles. The van der Waals surface area contributed by atoms with Crippen LogP contribution in [0.5, 0.6) is 17.2 Å². The Balaban J connectivity index is 1.86. The maximum absolute atomic E-state index is 5.50. The molecular formula is C20H20N4O3. The lowest BCUT2D eigenvalue weighted by Crippen LogP contribution is -2.20. The van der Waals surface area contributed by atoms with E-state index in [-0.39, 0.29) is 6.04 Å². The fourth-order valence-electron chi connectivity index (χ4n) is 3.23. The molecule has 1 atom stereocenters. The predicted molar refractivity (Wildman–Crippen MR) is 102 cm³/mol. The molecule has 138 valence electrons. The van der Waals surface area contributed by atoms with E-state index in [1.807, 2.05) is 35.0 Å². The highest BCUT2D eigenvalue weighted by Gasteiger charge is 2.26. The smallest absolute Gasteiger partial charge is 0.226 e. The van der Waals surface area contributed by atoms with Crippen molar-refractivity contribution in [2.24, 2.45) is 0 Å². The number of nitrogens with one attached hydrogen (secondary N) is 1. The number of hydrogen-bond acceptors (Lipinski definition) is 6. The van der Waals surface area contributed by atoms with Crippen LogP contribution in [0.4, 0.5) is 5.95 Å². The minimum absolute atomic E-state index is 0.173. The Morgan fingerprint density at radius 2 is 1.67 bits per heavy atom. The summed E-state index contributed by atoms with van der Waals surface area (Å²) >= 11 is 0. The third-order valence-corrected chi connectivity index (χ3v) is 4.52. The van der Waals surface area contributed by atoms with Crippen LogP contribution in [0.2, 0.25) is 0 Å². The van der Waals surface area contributed by atoms with Gasteiger partial charge in [0.15, 0.2) is 11.5 Å². The summed E-state index contributed by atoms with van der Waals surface area (Å²) < 4.78 is 18.3. The third kappa shape index (κ3) is 2.97. The Bertz CT molecular complexity index is 957. The van der Waals surface area contributed by atoms with E-state index in [0.29, 0.717) is 23.2 Å². The molecule has 7 heteroatoms. The van der Waals surface area contributed by atoms with Crippen LogP contribution in [0, 0.1) is 0 Å². The average molecular weight is 364 g/mol. The Morgan fingerprint density at radius 1 is 0.963 bits per heavy atom. The molecule has 27 heavy (non-hydrogen) atoms. The van der Waals surface area contributed by atoms with E-state index in [0.717, 1.165) is 16.8 Å². The van der Waals surface area contributed by atoms with E-state index < -0.39 is 0 Å². The van der Waals surface area contributed by atoms with Gasteiger partial charge in [-0.25, -0.2) is 4.68 Å². The van der Waals surface area contributed by atoms with Crippen LogP contribution < -0.4 is 19.5 Å². The number of anilines is 1. The van der Waals surface area contributed by atoms with Gasteiger partial charge in [-0.3, -0.25) is 0 Å². The van der Waals surface area contributed by atoms with Gasteiger partial charge in [-0.1, -0.05) is 30.3 Å². The number of hydrogen-bond donors (Lipinski definition) is 1. The van der Waals surface area contributed by atoms with Crippen molar-refractivity contribution in [3.8, 4) is 17.2 Å². The number of methoxy groups -OCH3 is 3. The summed E-state index contributed by atoms with van der Waals surface area (Å²) in [6.45, 7) is 0.